The van der Waals surface area contributed by atoms with E-state index in [1.54, 1.807) is 12.2 Å². The highest BCUT2D eigenvalue weighted by Crippen LogP contribution is 2.18. The van der Waals surface area contributed by atoms with Gasteiger partial charge in [-0.15, -0.1) is 0 Å². The average molecular weight is 241 g/mol. The quantitative estimate of drug-likeness (QED) is 0.808. The summed E-state index contributed by atoms with van der Waals surface area (Å²) in [6, 6.07) is 11.8. The van der Waals surface area contributed by atoms with E-state index in [2.05, 4.69) is 0 Å². The van der Waals surface area contributed by atoms with Crippen molar-refractivity contribution in [3.05, 3.63) is 48.0 Å². The number of nitriles is 1. The number of carbonyl (C=O) groups is 1. The minimum absolute atomic E-state index is 0.0899. The minimum Gasteiger partial charge on any atom is -0.305 e. The Morgan fingerprint density at radius 2 is 2.17 bits per heavy atom. The number of amides is 1. The van der Waals surface area contributed by atoms with Crippen molar-refractivity contribution < 1.29 is 4.79 Å². The van der Waals surface area contributed by atoms with Crippen LogP contribution in [0.3, 0.4) is 0 Å². The number of hydrogen-bond acceptors (Lipinski definition) is 3. The van der Waals surface area contributed by atoms with E-state index in [0.29, 0.717) is 19.4 Å². The third kappa shape index (κ3) is 2.41. The Morgan fingerprint density at radius 3 is 2.83 bits per heavy atom. The highest BCUT2D eigenvalue weighted by atomic mass is 16.2. The van der Waals surface area contributed by atoms with E-state index >= 15 is 0 Å². The molecule has 1 aromatic carbocycles. The third-order valence-electron chi connectivity index (χ3n) is 3.06. The van der Waals surface area contributed by atoms with E-state index in [0.717, 1.165) is 5.56 Å². The van der Waals surface area contributed by atoms with E-state index in [4.69, 9.17) is 11.0 Å². The standard InChI is InChI=1S/C14H15N3O/c15-11-14(16)9-4-10-17(14)13(18)8-7-12-5-2-1-3-6-12/h1-6,9H,7-8,10,16H2. The zero-order valence-corrected chi connectivity index (χ0v) is 10.0. The fourth-order valence-corrected chi connectivity index (χ4v) is 2.02. The number of nitrogens with two attached hydrogens (primary N) is 1. The fourth-order valence-electron chi connectivity index (χ4n) is 2.02. The van der Waals surface area contributed by atoms with Crippen LogP contribution < -0.4 is 5.73 Å². The van der Waals surface area contributed by atoms with Crippen LogP contribution in [0, 0.1) is 11.3 Å². The maximum Gasteiger partial charge on any atom is 0.225 e. The van der Waals surface area contributed by atoms with Crippen LogP contribution in [0.25, 0.3) is 0 Å². The van der Waals surface area contributed by atoms with Gasteiger partial charge in [-0.3, -0.25) is 10.5 Å². The first kappa shape index (κ1) is 12.3. The summed E-state index contributed by atoms with van der Waals surface area (Å²) < 4.78 is 0. The largest absolute Gasteiger partial charge is 0.305 e. The molecule has 1 aliphatic heterocycles. The molecule has 0 radical (unpaired) electrons. The van der Waals surface area contributed by atoms with Crippen LogP contribution in [0.4, 0.5) is 0 Å². The third-order valence-corrected chi connectivity index (χ3v) is 3.06. The van der Waals surface area contributed by atoms with Gasteiger partial charge < -0.3 is 4.90 Å². The molecular weight excluding hydrogens is 226 g/mol. The predicted octanol–water partition coefficient (Wildman–Crippen LogP) is 1.20. The average Bonchev–Trinajstić information content (AvgIpc) is 2.80. The Hall–Kier alpha value is -2.12. The molecule has 0 aliphatic carbocycles. The molecule has 1 heterocycles. The summed E-state index contributed by atoms with van der Waals surface area (Å²) in [6.45, 7) is 0.414. The number of carbonyl (C=O) groups excluding carboxylic acids is 1. The fraction of sp³-hybridized carbons (Fsp3) is 0.286. The normalized spacial score (nSPS) is 21.9. The van der Waals surface area contributed by atoms with E-state index < -0.39 is 5.66 Å². The molecule has 0 bridgehead atoms. The first-order chi connectivity index (χ1) is 8.65. The lowest BCUT2D eigenvalue weighted by molar-refractivity contribution is -0.133. The van der Waals surface area contributed by atoms with E-state index in [9.17, 15) is 4.79 Å². The van der Waals surface area contributed by atoms with Crippen molar-refractivity contribution in [1.29, 1.82) is 5.26 Å². The summed E-state index contributed by atoms with van der Waals surface area (Å²) in [7, 11) is 0. The highest BCUT2D eigenvalue weighted by molar-refractivity contribution is 5.79. The van der Waals surface area contributed by atoms with Gasteiger partial charge in [0, 0.05) is 13.0 Å². The summed E-state index contributed by atoms with van der Waals surface area (Å²) in [5.41, 5.74) is 5.67. The number of nitrogens with zero attached hydrogens (tertiary/aromatic N) is 2. The van der Waals surface area contributed by atoms with Crippen LogP contribution in [0.5, 0.6) is 0 Å². The lowest BCUT2D eigenvalue weighted by atomic mass is 10.1. The van der Waals surface area contributed by atoms with Crippen LogP contribution in [0.15, 0.2) is 42.5 Å². The van der Waals surface area contributed by atoms with Gasteiger partial charge >= 0.3 is 0 Å². The van der Waals surface area contributed by atoms with Crippen molar-refractivity contribution in [2.45, 2.75) is 18.5 Å². The smallest absolute Gasteiger partial charge is 0.225 e. The van der Waals surface area contributed by atoms with Gasteiger partial charge in [0.2, 0.25) is 5.91 Å². The number of aryl methyl sites for hydroxylation is 1. The van der Waals surface area contributed by atoms with Crippen LogP contribution in [0.2, 0.25) is 0 Å². The van der Waals surface area contributed by atoms with Crippen molar-refractivity contribution in [1.82, 2.24) is 4.90 Å². The maximum absolute atomic E-state index is 12.0. The molecule has 1 aliphatic rings. The van der Waals surface area contributed by atoms with Gasteiger partial charge in [-0.1, -0.05) is 36.4 Å². The van der Waals surface area contributed by atoms with Crippen LogP contribution in [-0.4, -0.2) is 23.0 Å². The SMILES string of the molecule is N#CC1(N)C=CCN1C(=O)CCc1ccccc1. The molecule has 1 aromatic rings. The van der Waals surface area contributed by atoms with Crippen molar-refractivity contribution in [3.63, 3.8) is 0 Å². The Morgan fingerprint density at radius 1 is 1.44 bits per heavy atom. The summed E-state index contributed by atoms with van der Waals surface area (Å²) in [5, 5.41) is 9.01. The van der Waals surface area contributed by atoms with Crippen LogP contribution in [-0.2, 0) is 11.2 Å². The van der Waals surface area contributed by atoms with Gasteiger partial charge in [-0.05, 0) is 18.1 Å². The minimum atomic E-state index is -1.27. The monoisotopic (exact) mass is 241 g/mol. The van der Waals surface area contributed by atoms with Crippen molar-refractivity contribution in [2.24, 2.45) is 5.73 Å². The molecule has 1 amide bonds. The lowest BCUT2D eigenvalue weighted by Crippen LogP contribution is -2.53. The van der Waals surface area contributed by atoms with Crippen LogP contribution in [0.1, 0.15) is 12.0 Å². The van der Waals surface area contributed by atoms with Gasteiger partial charge in [0.25, 0.3) is 0 Å². The lowest BCUT2D eigenvalue weighted by Gasteiger charge is -2.28. The maximum atomic E-state index is 12.0. The zero-order valence-electron chi connectivity index (χ0n) is 10.0. The molecule has 0 fully saturated rings. The second-order valence-corrected chi connectivity index (χ2v) is 4.33. The summed E-state index contributed by atoms with van der Waals surface area (Å²) in [4.78, 5) is 13.5. The van der Waals surface area contributed by atoms with Gasteiger partial charge in [-0.2, -0.15) is 5.26 Å². The topological polar surface area (TPSA) is 70.1 Å². The molecule has 2 N–H and O–H groups in total. The number of benzene rings is 1. The molecule has 1 unspecified atom stereocenters. The van der Waals surface area contributed by atoms with Crippen molar-refractivity contribution in [3.8, 4) is 6.07 Å². The summed E-state index contributed by atoms with van der Waals surface area (Å²) in [6.07, 6.45) is 4.36. The van der Waals surface area contributed by atoms with E-state index in [1.165, 1.54) is 4.90 Å². The Bertz CT molecular complexity index is 504. The number of hydrogen-bond donors (Lipinski definition) is 1. The molecule has 18 heavy (non-hydrogen) atoms. The predicted molar refractivity (Wildman–Crippen MR) is 68.1 cm³/mol. The second-order valence-electron chi connectivity index (χ2n) is 4.33. The van der Waals surface area contributed by atoms with E-state index in [1.807, 2.05) is 36.4 Å². The highest BCUT2D eigenvalue weighted by Gasteiger charge is 2.36. The summed E-state index contributed by atoms with van der Waals surface area (Å²) >= 11 is 0. The number of rotatable bonds is 3. The summed E-state index contributed by atoms with van der Waals surface area (Å²) in [5.74, 6) is -0.0899. The molecule has 0 saturated carbocycles. The molecular formula is C14H15N3O. The van der Waals surface area contributed by atoms with Gasteiger partial charge in [0.05, 0.1) is 0 Å². The van der Waals surface area contributed by atoms with Gasteiger partial charge in [0.1, 0.15) is 6.07 Å². The van der Waals surface area contributed by atoms with Gasteiger partial charge in [0.15, 0.2) is 5.66 Å². The van der Waals surface area contributed by atoms with E-state index in [-0.39, 0.29) is 5.91 Å². The van der Waals surface area contributed by atoms with Gasteiger partial charge in [-0.25, -0.2) is 0 Å². The molecule has 0 spiro atoms. The van der Waals surface area contributed by atoms with Crippen molar-refractivity contribution in [2.75, 3.05) is 6.54 Å². The van der Waals surface area contributed by atoms with Crippen LogP contribution >= 0.6 is 0 Å². The Labute approximate surface area is 106 Å². The molecule has 2 rings (SSSR count). The first-order valence-electron chi connectivity index (χ1n) is 5.88. The molecule has 92 valence electrons. The second kappa shape index (κ2) is 5.03. The molecule has 1 atom stereocenters. The Balaban J connectivity index is 1.96. The molecule has 4 nitrogen and oxygen atoms in total. The van der Waals surface area contributed by atoms with Crippen molar-refractivity contribution >= 4 is 5.91 Å². The first-order valence-corrected chi connectivity index (χ1v) is 5.88. The molecule has 4 heteroatoms. The zero-order chi connectivity index (χ0) is 13.0. The Kier molecular flexibility index (Phi) is 3.45. The molecule has 0 saturated heterocycles. The molecule has 0 aromatic heterocycles.